The van der Waals surface area contributed by atoms with Crippen LogP contribution in [0, 0.1) is 0 Å². The SMILES string of the molecule is CC(C)NCC1CCCN1c1ncns1. The molecule has 0 radical (unpaired) electrons. The summed E-state index contributed by atoms with van der Waals surface area (Å²) in [7, 11) is 0. The Hall–Kier alpha value is -0.680. The summed E-state index contributed by atoms with van der Waals surface area (Å²) in [4.78, 5) is 6.66. The molecule has 1 aromatic heterocycles. The van der Waals surface area contributed by atoms with Crippen LogP contribution in [0.25, 0.3) is 0 Å². The maximum atomic E-state index is 4.28. The molecule has 4 nitrogen and oxygen atoms in total. The zero-order valence-corrected chi connectivity index (χ0v) is 10.1. The normalized spacial score (nSPS) is 21.5. The lowest BCUT2D eigenvalue weighted by Gasteiger charge is -2.24. The predicted molar refractivity (Wildman–Crippen MR) is 63.4 cm³/mol. The molecule has 2 heterocycles. The van der Waals surface area contributed by atoms with Crippen molar-refractivity contribution in [1.29, 1.82) is 0 Å². The number of rotatable bonds is 4. The topological polar surface area (TPSA) is 41.0 Å². The second-order valence-electron chi connectivity index (χ2n) is 4.28. The maximum absolute atomic E-state index is 4.28. The van der Waals surface area contributed by atoms with Gasteiger partial charge in [-0.2, -0.15) is 4.37 Å². The average molecular weight is 226 g/mol. The smallest absolute Gasteiger partial charge is 0.205 e. The molecule has 1 atom stereocenters. The first-order valence-corrected chi connectivity index (χ1v) is 6.31. The van der Waals surface area contributed by atoms with Crippen LogP contribution in [0.4, 0.5) is 5.13 Å². The van der Waals surface area contributed by atoms with Crippen LogP contribution in [0.1, 0.15) is 26.7 Å². The maximum Gasteiger partial charge on any atom is 0.205 e. The fourth-order valence-electron chi connectivity index (χ4n) is 1.97. The van der Waals surface area contributed by atoms with E-state index < -0.39 is 0 Å². The second kappa shape index (κ2) is 4.90. The third-order valence-corrected chi connectivity index (χ3v) is 3.44. The summed E-state index contributed by atoms with van der Waals surface area (Å²) in [6.45, 7) is 6.55. The zero-order chi connectivity index (χ0) is 10.7. The largest absolute Gasteiger partial charge is 0.343 e. The van der Waals surface area contributed by atoms with Crippen LogP contribution < -0.4 is 10.2 Å². The Balaban J connectivity index is 1.93. The molecule has 0 spiro atoms. The molecule has 1 N–H and O–H groups in total. The summed E-state index contributed by atoms with van der Waals surface area (Å²) < 4.78 is 4.06. The van der Waals surface area contributed by atoms with Gasteiger partial charge in [0.25, 0.3) is 0 Å². The number of hydrogen-bond donors (Lipinski definition) is 1. The van der Waals surface area contributed by atoms with Crippen LogP contribution in [-0.4, -0.2) is 34.5 Å². The van der Waals surface area contributed by atoms with Crippen LogP contribution in [-0.2, 0) is 0 Å². The summed E-state index contributed by atoms with van der Waals surface area (Å²) in [5, 5.41) is 4.57. The van der Waals surface area contributed by atoms with Crippen molar-refractivity contribution in [3.63, 3.8) is 0 Å². The minimum Gasteiger partial charge on any atom is -0.343 e. The molecule has 1 aromatic rings. The van der Waals surface area contributed by atoms with Gasteiger partial charge in [-0.15, -0.1) is 0 Å². The quantitative estimate of drug-likeness (QED) is 0.845. The van der Waals surface area contributed by atoms with Crippen molar-refractivity contribution in [3.05, 3.63) is 6.33 Å². The lowest BCUT2D eigenvalue weighted by molar-refractivity contribution is 0.523. The molecule has 0 aromatic carbocycles. The average Bonchev–Trinajstić information content (AvgIpc) is 2.85. The molecule has 1 fully saturated rings. The molecular weight excluding hydrogens is 208 g/mol. The molecule has 0 amide bonds. The minimum absolute atomic E-state index is 0.557. The first kappa shape index (κ1) is 10.8. The highest BCUT2D eigenvalue weighted by molar-refractivity contribution is 7.09. The highest BCUT2D eigenvalue weighted by Crippen LogP contribution is 2.25. The highest BCUT2D eigenvalue weighted by Gasteiger charge is 2.26. The fraction of sp³-hybridized carbons (Fsp3) is 0.800. The first-order chi connectivity index (χ1) is 7.27. The van der Waals surface area contributed by atoms with Gasteiger partial charge in [0, 0.05) is 36.7 Å². The predicted octanol–water partition coefficient (Wildman–Crippen LogP) is 1.50. The Morgan fingerprint density at radius 3 is 3.20 bits per heavy atom. The first-order valence-electron chi connectivity index (χ1n) is 5.54. The van der Waals surface area contributed by atoms with Crippen molar-refractivity contribution < 1.29 is 0 Å². The van der Waals surface area contributed by atoms with Crippen molar-refractivity contribution >= 4 is 16.7 Å². The van der Waals surface area contributed by atoms with Gasteiger partial charge in [0.1, 0.15) is 6.33 Å². The van der Waals surface area contributed by atoms with Crippen molar-refractivity contribution in [2.45, 2.75) is 38.8 Å². The van der Waals surface area contributed by atoms with E-state index in [1.165, 1.54) is 24.4 Å². The third kappa shape index (κ3) is 2.66. The number of hydrogen-bond acceptors (Lipinski definition) is 5. The molecule has 5 heteroatoms. The summed E-state index contributed by atoms with van der Waals surface area (Å²) >= 11 is 1.50. The van der Waals surface area contributed by atoms with Crippen molar-refractivity contribution in [1.82, 2.24) is 14.7 Å². The van der Waals surface area contributed by atoms with Gasteiger partial charge in [-0.05, 0) is 12.8 Å². The van der Waals surface area contributed by atoms with Crippen molar-refractivity contribution in [3.8, 4) is 0 Å². The summed E-state index contributed by atoms with van der Waals surface area (Å²) in [6.07, 6.45) is 4.18. The van der Waals surface area contributed by atoms with Gasteiger partial charge in [0.05, 0.1) is 0 Å². The monoisotopic (exact) mass is 226 g/mol. The van der Waals surface area contributed by atoms with Crippen LogP contribution in [0.2, 0.25) is 0 Å². The molecule has 15 heavy (non-hydrogen) atoms. The molecule has 2 rings (SSSR count). The van der Waals surface area contributed by atoms with Crippen molar-refractivity contribution in [2.24, 2.45) is 0 Å². The second-order valence-corrected chi connectivity index (χ2v) is 5.03. The Kier molecular flexibility index (Phi) is 3.53. The molecule has 0 bridgehead atoms. The minimum atomic E-state index is 0.557. The standard InChI is InChI=1S/C10H18N4S/c1-8(2)11-6-9-4-3-5-14(9)10-12-7-13-15-10/h7-9,11H,3-6H2,1-2H3. The molecule has 0 aliphatic carbocycles. The van der Waals surface area contributed by atoms with Crippen LogP contribution in [0.5, 0.6) is 0 Å². The molecule has 1 saturated heterocycles. The Bertz CT molecular complexity index is 286. The number of anilines is 1. The van der Waals surface area contributed by atoms with E-state index in [0.717, 1.165) is 18.2 Å². The molecule has 1 unspecified atom stereocenters. The van der Waals surface area contributed by atoms with E-state index >= 15 is 0 Å². The van der Waals surface area contributed by atoms with E-state index in [9.17, 15) is 0 Å². The summed E-state index contributed by atoms with van der Waals surface area (Å²) in [5.41, 5.74) is 0. The number of nitrogens with one attached hydrogen (secondary N) is 1. The van der Waals surface area contributed by atoms with Gasteiger partial charge in [0.15, 0.2) is 0 Å². The van der Waals surface area contributed by atoms with Crippen LogP contribution >= 0.6 is 11.5 Å². The van der Waals surface area contributed by atoms with Gasteiger partial charge in [-0.3, -0.25) is 0 Å². The van der Waals surface area contributed by atoms with E-state index in [1.54, 1.807) is 6.33 Å². The van der Waals surface area contributed by atoms with Crippen LogP contribution in [0.15, 0.2) is 6.33 Å². The number of nitrogens with zero attached hydrogens (tertiary/aromatic N) is 3. The van der Waals surface area contributed by atoms with E-state index in [2.05, 4.69) is 33.4 Å². The lowest BCUT2D eigenvalue weighted by atomic mass is 10.2. The third-order valence-electron chi connectivity index (χ3n) is 2.73. The van der Waals surface area contributed by atoms with E-state index in [-0.39, 0.29) is 0 Å². The zero-order valence-electron chi connectivity index (χ0n) is 9.31. The van der Waals surface area contributed by atoms with E-state index in [1.807, 2.05) is 0 Å². The van der Waals surface area contributed by atoms with Gasteiger partial charge in [-0.25, -0.2) is 4.98 Å². The molecule has 1 aliphatic rings. The summed E-state index contributed by atoms with van der Waals surface area (Å²) in [5.74, 6) is 0. The van der Waals surface area contributed by atoms with E-state index in [4.69, 9.17) is 0 Å². The van der Waals surface area contributed by atoms with Gasteiger partial charge < -0.3 is 10.2 Å². The Morgan fingerprint density at radius 1 is 1.67 bits per heavy atom. The van der Waals surface area contributed by atoms with Gasteiger partial charge in [0.2, 0.25) is 5.13 Å². The molecule has 0 saturated carbocycles. The molecule has 1 aliphatic heterocycles. The lowest BCUT2D eigenvalue weighted by Crippen LogP contribution is -2.40. The molecule has 84 valence electrons. The highest BCUT2D eigenvalue weighted by atomic mass is 32.1. The number of aromatic nitrogens is 2. The van der Waals surface area contributed by atoms with Crippen LogP contribution in [0.3, 0.4) is 0 Å². The fourth-order valence-corrected chi connectivity index (χ4v) is 2.59. The summed E-state index contributed by atoms with van der Waals surface area (Å²) in [6, 6.07) is 1.15. The molecular formula is C10H18N4S. The van der Waals surface area contributed by atoms with E-state index in [0.29, 0.717) is 12.1 Å². The Labute approximate surface area is 94.9 Å². The van der Waals surface area contributed by atoms with Crippen molar-refractivity contribution in [2.75, 3.05) is 18.0 Å². The van der Waals surface area contributed by atoms with Gasteiger partial charge >= 0.3 is 0 Å². The Morgan fingerprint density at radius 2 is 2.53 bits per heavy atom. The van der Waals surface area contributed by atoms with Gasteiger partial charge in [-0.1, -0.05) is 13.8 Å².